The van der Waals surface area contributed by atoms with E-state index in [0.29, 0.717) is 5.75 Å². The van der Waals surface area contributed by atoms with E-state index in [1.54, 1.807) is 18.2 Å². The van der Waals surface area contributed by atoms with Crippen LogP contribution in [0.3, 0.4) is 0 Å². The Morgan fingerprint density at radius 1 is 0.610 bits per heavy atom. The summed E-state index contributed by atoms with van der Waals surface area (Å²) in [7, 11) is 0. The molecule has 0 amide bonds. The molecule has 0 unspecified atom stereocenters. The van der Waals surface area contributed by atoms with Crippen LogP contribution in [0.15, 0.2) is 60.7 Å². The number of hydrogen-bond acceptors (Lipinski definition) is 3. The first-order chi connectivity index (χ1) is 20.1. The van der Waals surface area contributed by atoms with Crippen molar-refractivity contribution in [3.05, 3.63) is 71.8 Å². The number of phenolic OH excluding ortho intramolecular Hbond substituents is 1. The Bertz CT molecular complexity index is 1010. The van der Waals surface area contributed by atoms with Crippen LogP contribution in [0.25, 0.3) is 11.1 Å². The van der Waals surface area contributed by atoms with Gasteiger partial charge < -0.3 is 9.84 Å². The normalized spacial score (nSPS) is 12.1. The molecule has 41 heavy (non-hydrogen) atoms. The van der Waals surface area contributed by atoms with Gasteiger partial charge in [0, 0.05) is 6.08 Å². The van der Waals surface area contributed by atoms with Crippen LogP contribution in [0, 0.1) is 0 Å². The lowest BCUT2D eigenvalue weighted by Gasteiger charge is -2.14. The first-order valence-corrected chi connectivity index (χ1v) is 16.6. The molecule has 0 atom stereocenters. The number of unbranched alkanes of at least 4 members (excludes halogenated alkanes) is 15. The maximum atomic E-state index is 12.3. The average molecular weight is 561 g/mol. The molecule has 2 aromatic carbocycles. The number of benzene rings is 2. The molecular weight excluding hydrogens is 504 g/mol. The van der Waals surface area contributed by atoms with Gasteiger partial charge in [0.15, 0.2) is 0 Å². The summed E-state index contributed by atoms with van der Waals surface area (Å²) in [6.07, 6.45) is 26.7. The van der Waals surface area contributed by atoms with Crippen molar-refractivity contribution in [2.75, 3.05) is 0 Å². The highest BCUT2D eigenvalue weighted by Crippen LogP contribution is 2.32. The quantitative estimate of drug-likeness (QED) is 0.0512. The monoisotopic (exact) mass is 560 g/mol. The number of aromatic hydroxyl groups is 1. The molecule has 0 fully saturated rings. The lowest BCUT2D eigenvalue weighted by Crippen LogP contribution is -2.03. The second kappa shape index (κ2) is 21.9. The van der Waals surface area contributed by atoms with E-state index in [2.05, 4.69) is 20.8 Å². The van der Waals surface area contributed by atoms with Crippen LogP contribution in [0.4, 0.5) is 0 Å². The largest absolute Gasteiger partial charge is 0.508 e. The van der Waals surface area contributed by atoms with E-state index in [9.17, 15) is 9.90 Å². The van der Waals surface area contributed by atoms with E-state index in [1.165, 1.54) is 101 Å². The van der Waals surface area contributed by atoms with E-state index >= 15 is 0 Å². The summed E-state index contributed by atoms with van der Waals surface area (Å²) in [4.78, 5) is 12.3. The predicted octanol–water partition coefficient (Wildman–Crippen LogP) is 11.8. The van der Waals surface area contributed by atoms with Crippen molar-refractivity contribution in [2.24, 2.45) is 0 Å². The van der Waals surface area contributed by atoms with Gasteiger partial charge in [-0.25, -0.2) is 4.79 Å². The minimum Gasteiger partial charge on any atom is -0.508 e. The number of phenols is 1. The number of rotatable bonds is 22. The van der Waals surface area contributed by atoms with Crippen LogP contribution in [0.5, 0.6) is 11.5 Å². The van der Waals surface area contributed by atoms with Crippen LogP contribution >= 0.6 is 0 Å². The molecule has 2 rings (SSSR count). The molecule has 0 aliphatic carbocycles. The van der Waals surface area contributed by atoms with Gasteiger partial charge in [-0.1, -0.05) is 141 Å². The van der Waals surface area contributed by atoms with E-state index in [1.807, 2.05) is 42.5 Å². The Morgan fingerprint density at radius 2 is 1.02 bits per heavy atom. The highest BCUT2D eigenvalue weighted by atomic mass is 16.5. The molecule has 1 N–H and O–H groups in total. The van der Waals surface area contributed by atoms with Crippen molar-refractivity contribution in [1.29, 1.82) is 0 Å². The number of allylic oxidation sites excluding steroid dienone is 3. The third-order valence-electron chi connectivity index (χ3n) is 7.94. The summed E-state index contributed by atoms with van der Waals surface area (Å²) in [6.45, 7) is 6.59. The SMILES string of the molecule is CCCCCCCCCCCCCCCCCC=CC(=O)Oc1ccc(/C(CC)=C(\CC)c2ccc(O)cc2)cc1. The fraction of sp³-hybridized carbons (Fsp3) is 0.553. The number of esters is 1. The summed E-state index contributed by atoms with van der Waals surface area (Å²) in [6, 6.07) is 15.2. The molecule has 0 bridgehead atoms. The molecule has 0 aliphatic heterocycles. The predicted molar refractivity (Wildman–Crippen MR) is 176 cm³/mol. The fourth-order valence-electron chi connectivity index (χ4n) is 5.53. The van der Waals surface area contributed by atoms with E-state index in [4.69, 9.17) is 4.74 Å². The van der Waals surface area contributed by atoms with Crippen molar-refractivity contribution in [3.8, 4) is 11.5 Å². The van der Waals surface area contributed by atoms with Crippen molar-refractivity contribution < 1.29 is 14.6 Å². The van der Waals surface area contributed by atoms with Gasteiger partial charge in [-0.3, -0.25) is 0 Å². The van der Waals surface area contributed by atoms with Gasteiger partial charge in [0.05, 0.1) is 0 Å². The van der Waals surface area contributed by atoms with Gasteiger partial charge in [0.2, 0.25) is 0 Å². The Morgan fingerprint density at radius 3 is 1.46 bits per heavy atom. The van der Waals surface area contributed by atoms with E-state index in [0.717, 1.165) is 36.8 Å². The molecule has 0 radical (unpaired) electrons. The molecule has 0 aromatic heterocycles. The zero-order valence-corrected chi connectivity index (χ0v) is 26.3. The van der Waals surface area contributed by atoms with Crippen LogP contribution in [0.1, 0.15) is 147 Å². The summed E-state index contributed by atoms with van der Waals surface area (Å²) >= 11 is 0. The third-order valence-corrected chi connectivity index (χ3v) is 7.94. The Hall–Kier alpha value is -2.81. The van der Waals surface area contributed by atoms with Crippen LogP contribution in [-0.2, 0) is 4.79 Å². The van der Waals surface area contributed by atoms with Gasteiger partial charge in [-0.15, -0.1) is 0 Å². The second-order valence-electron chi connectivity index (χ2n) is 11.3. The highest BCUT2D eigenvalue weighted by Gasteiger charge is 2.10. The summed E-state index contributed by atoms with van der Waals surface area (Å²) in [5, 5.41) is 9.64. The molecule has 3 heteroatoms. The zero-order chi connectivity index (χ0) is 29.5. The molecule has 0 spiro atoms. The fourth-order valence-corrected chi connectivity index (χ4v) is 5.53. The zero-order valence-electron chi connectivity index (χ0n) is 26.3. The Labute approximate surface area is 251 Å². The maximum Gasteiger partial charge on any atom is 0.335 e. The van der Waals surface area contributed by atoms with Gasteiger partial charge in [-0.2, -0.15) is 0 Å². The molecular formula is C38H56O3. The molecule has 226 valence electrons. The van der Waals surface area contributed by atoms with Crippen LogP contribution in [0.2, 0.25) is 0 Å². The average Bonchev–Trinajstić information content (AvgIpc) is 2.98. The molecule has 0 saturated heterocycles. The molecule has 0 aliphatic rings. The Kier molecular flexibility index (Phi) is 18.3. The number of hydrogen-bond donors (Lipinski definition) is 1. The van der Waals surface area contributed by atoms with E-state index in [-0.39, 0.29) is 11.7 Å². The number of ether oxygens (including phenoxy) is 1. The maximum absolute atomic E-state index is 12.3. The topological polar surface area (TPSA) is 46.5 Å². The van der Waals surface area contributed by atoms with Gasteiger partial charge >= 0.3 is 5.97 Å². The minimum atomic E-state index is -0.316. The van der Waals surface area contributed by atoms with Gasteiger partial charge in [0.25, 0.3) is 0 Å². The Balaban J connectivity index is 1.60. The summed E-state index contributed by atoms with van der Waals surface area (Å²) in [5.41, 5.74) is 4.77. The lowest BCUT2D eigenvalue weighted by atomic mass is 9.91. The second-order valence-corrected chi connectivity index (χ2v) is 11.3. The van der Waals surface area contributed by atoms with Gasteiger partial charge in [-0.05, 0) is 72.2 Å². The summed E-state index contributed by atoms with van der Waals surface area (Å²) in [5.74, 6) is 0.522. The molecule has 0 heterocycles. The third kappa shape index (κ3) is 14.6. The van der Waals surface area contributed by atoms with Crippen LogP contribution in [-0.4, -0.2) is 11.1 Å². The minimum absolute atomic E-state index is 0.275. The first-order valence-electron chi connectivity index (χ1n) is 16.6. The standard InChI is InChI=1S/C38H56O3/c1-4-7-8-9-10-11-12-13-14-15-16-17-18-19-20-21-22-23-38(40)41-35-30-26-33(27-31-35)37(6-3)36(5-2)32-24-28-34(39)29-25-32/h22-31,39H,4-21H2,1-3H3/b23-22?,37-36+. The summed E-state index contributed by atoms with van der Waals surface area (Å²) < 4.78 is 5.53. The smallest absolute Gasteiger partial charge is 0.335 e. The lowest BCUT2D eigenvalue weighted by molar-refractivity contribution is -0.129. The van der Waals surface area contributed by atoms with Gasteiger partial charge in [0.1, 0.15) is 11.5 Å². The highest BCUT2D eigenvalue weighted by molar-refractivity contribution is 5.91. The van der Waals surface area contributed by atoms with Crippen molar-refractivity contribution in [1.82, 2.24) is 0 Å². The molecule has 3 nitrogen and oxygen atoms in total. The van der Waals surface area contributed by atoms with Crippen molar-refractivity contribution in [3.63, 3.8) is 0 Å². The van der Waals surface area contributed by atoms with Crippen molar-refractivity contribution >= 4 is 17.1 Å². The molecule has 0 saturated carbocycles. The van der Waals surface area contributed by atoms with Crippen LogP contribution < -0.4 is 4.74 Å². The first kappa shape index (κ1) is 34.4. The number of carbonyl (C=O) groups excluding carboxylic acids is 1. The van der Waals surface area contributed by atoms with Crippen molar-refractivity contribution in [2.45, 2.75) is 136 Å². The molecule has 2 aromatic rings. The van der Waals surface area contributed by atoms with E-state index < -0.39 is 0 Å². The number of carbonyl (C=O) groups is 1.